The van der Waals surface area contributed by atoms with Crippen molar-refractivity contribution in [3.8, 4) is 0 Å². The molecule has 0 saturated carbocycles. The van der Waals surface area contributed by atoms with Crippen molar-refractivity contribution < 1.29 is 0 Å². The van der Waals surface area contributed by atoms with Crippen LogP contribution in [0.15, 0.2) is 18.2 Å². The van der Waals surface area contributed by atoms with Crippen molar-refractivity contribution in [2.75, 3.05) is 7.05 Å². The summed E-state index contributed by atoms with van der Waals surface area (Å²) < 4.78 is 0. The van der Waals surface area contributed by atoms with Crippen molar-refractivity contribution in [1.82, 2.24) is 5.32 Å². The Balaban J connectivity index is 2.63. The van der Waals surface area contributed by atoms with Gasteiger partial charge in [0.2, 0.25) is 0 Å². The molecule has 0 fully saturated rings. The van der Waals surface area contributed by atoms with E-state index in [2.05, 4.69) is 19.2 Å². The smallest absolute Gasteiger partial charge is 0.0439 e. The number of nitrogens with one attached hydrogen (secondary N) is 1. The van der Waals surface area contributed by atoms with Gasteiger partial charge < -0.3 is 5.32 Å². The number of hydrogen-bond acceptors (Lipinski definition) is 1. The van der Waals surface area contributed by atoms with Crippen molar-refractivity contribution in [2.45, 2.75) is 39.2 Å². The van der Waals surface area contributed by atoms with Crippen LogP contribution >= 0.6 is 23.2 Å². The highest BCUT2D eigenvalue weighted by Gasteiger charge is 2.11. The summed E-state index contributed by atoms with van der Waals surface area (Å²) in [6, 6.07) is 6.13. The van der Waals surface area contributed by atoms with Gasteiger partial charge in [-0.15, -0.1) is 0 Å². The number of likely N-dealkylation sites (N-methyl/N-ethyl adjacent to an activating group) is 1. The standard InChI is InChI=1S/C14H21Cl2N/c1-10(2)4-6-13(17-3)9-11-8-12(15)5-7-14(11)16/h5,7-8,10,13,17H,4,6,9H2,1-3H3. The van der Waals surface area contributed by atoms with E-state index in [0.29, 0.717) is 6.04 Å². The second-order valence-corrected chi connectivity index (χ2v) is 5.74. The van der Waals surface area contributed by atoms with Gasteiger partial charge >= 0.3 is 0 Å². The summed E-state index contributed by atoms with van der Waals surface area (Å²) in [6.45, 7) is 4.50. The Morgan fingerprint density at radius 3 is 2.47 bits per heavy atom. The first-order valence-electron chi connectivity index (χ1n) is 6.14. The summed E-state index contributed by atoms with van der Waals surface area (Å²) in [4.78, 5) is 0. The highest BCUT2D eigenvalue weighted by Crippen LogP contribution is 2.23. The molecule has 0 aliphatic heterocycles. The maximum atomic E-state index is 6.17. The summed E-state index contributed by atoms with van der Waals surface area (Å²) in [7, 11) is 2.00. The predicted octanol–water partition coefficient (Wildman–Crippen LogP) is 4.56. The molecule has 0 spiro atoms. The fraction of sp³-hybridized carbons (Fsp3) is 0.571. The van der Waals surface area contributed by atoms with Gasteiger partial charge in [-0.25, -0.2) is 0 Å². The van der Waals surface area contributed by atoms with Crippen LogP contribution in [0.25, 0.3) is 0 Å². The minimum Gasteiger partial charge on any atom is -0.317 e. The molecule has 1 N–H and O–H groups in total. The van der Waals surface area contributed by atoms with E-state index in [0.717, 1.165) is 34.4 Å². The summed E-state index contributed by atoms with van der Waals surface area (Å²) in [6.07, 6.45) is 3.32. The minimum atomic E-state index is 0.466. The zero-order valence-corrected chi connectivity index (χ0v) is 12.3. The normalized spacial score (nSPS) is 13.1. The Labute approximate surface area is 115 Å². The lowest BCUT2D eigenvalue weighted by Gasteiger charge is -2.18. The number of halogens is 2. The second-order valence-electron chi connectivity index (χ2n) is 4.90. The molecule has 96 valence electrons. The van der Waals surface area contributed by atoms with E-state index in [1.807, 2.05) is 25.2 Å². The fourth-order valence-electron chi connectivity index (χ4n) is 1.85. The van der Waals surface area contributed by atoms with E-state index in [-0.39, 0.29) is 0 Å². The molecule has 1 atom stereocenters. The summed E-state index contributed by atoms with van der Waals surface area (Å²) in [5.74, 6) is 0.737. The van der Waals surface area contributed by atoms with E-state index in [9.17, 15) is 0 Å². The topological polar surface area (TPSA) is 12.0 Å². The van der Waals surface area contributed by atoms with Gasteiger partial charge in [-0.05, 0) is 56.0 Å². The van der Waals surface area contributed by atoms with Gasteiger partial charge in [0.1, 0.15) is 0 Å². The molecule has 0 amide bonds. The number of hydrogen-bond donors (Lipinski definition) is 1. The molecule has 1 unspecified atom stereocenters. The Morgan fingerprint density at radius 2 is 1.88 bits per heavy atom. The summed E-state index contributed by atoms with van der Waals surface area (Å²) >= 11 is 12.2. The molecule has 0 radical (unpaired) electrons. The van der Waals surface area contributed by atoms with E-state index in [4.69, 9.17) is 23.2 Å². The minimum absolute atomic E-state index is 0.466. The zero-order valence-electron chi connectivity index (χ0n) is 10.8. The van der Waals surface area contributed by atoms with E-state index >= 15 is 0 Å². The van der Waals surface area contributed by atoms with Gasteiger partial charge in [0.15, 0.2) is 0 Å². The van der Waals surface area contributed by atoms with Crippen LogP contribution in [0.3, 0.4) is 0 Å². The van der Waals surface area contributed by atoms with Crippen molar-refractivity contribution >= 4 is 23.2 Å². The second kappa shape index (κ2) is 7.25. The molecular weight excluding hydrogens is 253 g/mol. The predicted molar refractivity (Wildman–Crippen MR) is 77.1 cm³/mol. The molecule has 1 aromatic rings. The Kier molecular flexibility index (Phi) is 6.32. The zero-order chi connectivity index (χ0) is 12.8. The van der Waals surface area contributed by atoms with Crippen LogP contribution in [0, 0.1) is 5.92 Å². The molecule has 0 aliphatic rings. The van der Waals surface area contributed by atoms with Crippen LogP contribution < -0.4 is 5.32 Å². The van der Waals surface area contributed by atoms with Gasteiger partial charge in [-0.1, -0.05) is 37.0 Å². The first-order valence-corrected chi connectivity index (χ1v) is 6.89. The van der Waals surface area contributed by atoms with Gasteiger partial charge in [0, 0.05) is 16.1 Å². The monoisotopic (exact) mass is 273 g/mol. The number of rotatable bonds is 6. The third kappa shape index (κ3) is 5.29. The summed E-state index contributed by atoms with van der Waals surface area (Å²) in [5, 5.41) is 4.91. The highest BCUT2D eigenvalue weighted by molar-refractivity contribution is 6.33. The maximum absolute atomic E-state index is 6.17. The third-order valence-corrected chi connectivity index (χ3v) is 3.58. The Bertz CT molecular complexity index is 350. The van der Waals surface area contributed by atoms with E-state index < -0.39 is 0 Å². The van der Waals surface area contributed by atoms with Gasteiger partial charge in [-0.2, -0.15) is 0 Å². The van der Waals surface area contributed by atoms with Crippen LogP contribution in [0.4, 0.5) is 0 Å². The molecule has 0 aromatic heterocycles. The van der Waals surface area contributed by atoms with Crippen LogP contribution in [0.1, 0.15) is 32.3 Å². The molecule has 3 heteroatoms. The quantitative estimate of drug-likeness (QED) is 0.801. The van der Waals surface area contributed by atoms with Gasteiger partial charge in [0.05, 0.1) is 0 Å². The molecule has 0 saturated heterocycles. The van der Waals surface area contributed by atoms with Crippen molar-refractivity contribution in [3.05, 3.63) is 33.8 Å². The third-order valence-electron chi connectivity index (χ3n) is 2.97. The average molecular weight is 274 g/mol. The SMILES string of the molecule is CNC(CCC(C)C)Cc1cc(Cl)ccc1Cl. The van der Waals surface area contributed by atoms with E-state index in [1.54, 1.807) is 0 Å². The Hall–Kier alpha value is -0.240. The van der Waals surface area contributed by atoms with Crippen molar-refractivity contribution in [2.24, 2.45) is 5.92 Å². The van der Waals surface area contributed by atoms with Gasteiger partial charge in [0.25, 0.3) is 0 Å². The van der Waals surface area contributed by atoms with Crippen LogP contribution in [0.5, 0.6) is 0 Å². The molecule has 1 aromatic carbocycles. The fourth-order valence-corrected chi connectivity index (χ4v) is 2.24. The highest BCUT2D eigenvalue weighted by atomic mass is 35.5. The number of benzene rings is 1. The molecule has 0 heterocycles. The first-order chi connectivity index (χ1) is 8.02. The lowest BCUT2D eigenvalue weighted by atomic mass is 9.98. The average Bonchev–Trinajstić information content (AvgIpc) is 2.28. The van der Waals surface area contributed by atoms with Crippen LogP contribution in [0.2, 0.25) is 10.0 Å². The lowest BCUT2D eigenvalue weighted by Crippen LogP contribution is -2.28. The Morgan fingerprint density at radius 1 is 1.18 bits per heavy atom. The lowest BCUT2D eigenvalue weighted by molar-refractivity contribution is 0.451. The van der Waals surface area contributed by atoms with Crippen LogP contribution in [-0.2, 0) is 6.42 Å². The van der Waals surface area contributed by atoms with E-state index in [1.165, 1.54) is 6.42 Å². The molecule has 1 rings (SSSR count). The molecule has 0 aliphatic carbocycles. The maximum Gasteiger partial charge on any atom is 0.0439 e. The van der Waals surface area contributed by atoms with Crippen LogP contribution in [-0.4, -0.2) is 13.1 Å². The molecule has 1 nitrogen and oxygen atoms in total. The van der Waals surface area contributed by atoms with Crippen molar-refractivity contribution in [3.63, 3.8) is 0 Å². The van der Waals surface area contributed by atoms with Gasteiger partial charge in [-0.3, -0.25) is 0 Å². The largest absolute Gasteiger partial charge is 0.317 e. The van der Waals surface area contributed by atoms with Crippen molar-refractivity contribution in [1.29, 1.82) is 0 Å². The molecule has 0 bridgehead atoms. The molecular formula is C14H21Cl2N. The molecule has 17 heavy (non-hydrogen) atoms. The summed E-state index contributed by atoms with van der Waals surface area (Å²) in [5.41, 5.74) is 1.13. The first kappa shape index (κ1) is 14.8.